The highest BCUT2D eigenvalue weighted by molar-refractivity contribution is 8.13. The van der Waals surface area contributed by atoms with Gasteiger partial charge in [-0.3, -0.25) is 4.99 Å². The van der Waals surface area contributed by atoms with Crippen LogP contribution in [0.25, 0.3) is 0 Å². The number of nitrogens with zero attached hydrogens (tertiary/aromatic N) is 1. The van der Waals surface area contributed by atoms with E-state index in [9.17, 15) is 0 Å². The molecule has 1 aliphatic heterocycles. The molecule has 0 aromatic carbocycles. The highest BCUT2D eigenvalue weighted by Crippen LogP contribution is 2.21. The van der Waals surface area contributed by atoms with Crippen molar-refractivity contribution in [1.82, 2.24) is 5.32 Å². The predicted octanol–water partition coefficient (Wildman–Crippen LogP) is 2.93. The molecule has 3 nitrogen and oxygen atoms in total. The number of amidine groups is 1. The van der Waals surface area contributed by atoms with Crippen LogP contribution in [0.15, 0.2) is 27.8 Å². The standard InChI is InChI=1S/C13H20N2OS/c1-9-8-17-13(15-11(9)3)14-10(2)7-12-5-4-6-16-12/h4-6,9-11H,7-8H2,1-3H3,(H,14,15). The Hall–Kier alpha value is -0.900. The first-order chi connectivity index (χ1) is 8.15. The Bertz CT molecular complexity index is 375. The highest BCUT2D eigenvalue weighted by atomic mass is 32.2. The molecule has 0 spiro atoms. The molecule has 1 aliphatic rings. The largest absolute Gasteiger partial charge is 0.469 e. The van der Waals surface area contributed by atoms with Crippen molar-refractivity contribution in [2.75, 3.05) is 5.75 Å². The van der Waals surface area contributed by atoms with Crippen molar-refractivity contribution in [1.29, 1.82) is 0 Å². The maximum absolute atomic E-state index is 5.34. The van der Waals surface area contributed by atoms with Crippen molar-refractivity contribution >= 4 is 16.9 Å². The van der Waals surface area contributed by atoms with E-state index in [1.54, 1.807) is 6.26 Å². The minimum Gasteiger partial charge on any atom is -0.469 e. The lowest BCUT2D eigenvalue weighted by atomic mass is 10.1. The summed E-state index contributed by atoms with van der Waals surface area (Å²) in [6.45, 7) is 6.60. The molecule has 0 radical (unpaired) electrons. The summed E-state index contributed by atoms with van der Waals surface area (Å²) in [4.78, 5) is 4.67. The Kier molecular flexibility index (Phi) is 4.15. The lowest BCUT2D eigenvalue weighted by molar-refractivity contribution is 0.480. The van der Waals surface area contributed by atoms with Gasteiger partial charge in [-0.2, -0.15) is 0 Å². The number of furan rings is 1. The van der Waals surface area contributed by atoms with E-state index >= 15 is 0 Å². The van der Waals surface area contributed by atoms with Gasteiger partial charge in [0.05, 0.1) is 12.3 Å². The zero-order valence-electron chi connectivity index (χ0n) is 10.6. The summed E-state index contributed by atoms with van der Waals surface area (Å²) in [7, 11) is 0. The number of rotatable bonds is 3. The zero-order valence-corrected chi connectivity index (χ0v) is 11.5. The van der Waals surface area contributed by atoms with Gasteiger partial charge in [0.15, 0.2) is 5.17 Å². The zero-order chi connectivity index (χ0) is 12.3. The minimum atomic E-state index is 0.355. The molecule has 1 aromatic rings. The number of aliphatic imine (C=N–C) groups is 1. The summed E-state index contributed by atoms with van der Waals surface area (Å²) in [5, 5.41) is 4.54. The molecule has 0 bridgehead atoms. The van der Waals surface area contributed by atoms with E-state index in [1.165, 1.54) is 0 Å². The third-order valence-corrected chi connectivity index (χ3v) is 4.27. The van der Waals surface area contributed by atoms with Gasteiger partial charge in [-0.05, 0) is 31.9 Å². The van der Waals surface area contributed by atoms with Crippen LogP contribution in [0.4, 0.5) is 0 Å². The van der Waals surface area contributed by atoms with Gasteiger partial charge in [0.2, 0.25) is 0 Å². The molecule has 2 heterocycles. The van der Waals surface area contributed by atoms with Gasteiger partial charge in [0.25, 0.3) is 0 Å². The fraction of sp³-hybridized carbons (Fsp3) is 0.615. The Balaban J connectivity index is 1.86. The second-order valence-electron chi connectivity index (χ2n) is 4.79. The molecule has 0 aliphatic carbocycles. The molecule has 94 valence electrons. The number of thioether (sulfide) groups is 1. The average molecular weight is 252 g/mol. The van der Waals surface area contributed by atoms with E-state index in [0.717, 1.165) is 23.1 Å². The monoisotopic (exact) mass is 252 g/mol. The van der Waals surface area contributed by atoms with Crippen LogP contribution in [0.5, 0.6) is 0 Å². The van der Waals surface area contributed by atoms with Gasteiger partial charge in [0.1, 0.15) is 5.76 Å². The summed E-state index contributed by atoms with van der Waals surface area (Å²) in [6, 6.07) is 4.72. The van der Waals surface area contributed by atoms with Crippen molar-refractivity contribution in [3.05, 3.63) is 24.2 Å². The van der Waals surface area contributed by atoms with Crippen molar-refractivity contribution in [2.24, 2.45) is 10.9 Å². The first-order valence-electron chi connectivity index (χ1n) is 6.14. The van der Waals surface area contributed by atoms with E-state index in [4.69, 9.17) is 4.42 Å². The summed E-state index contributed by atoms with van der Waals surface area (Å²) < 4.78 is 5.34. The molecular formula is C13H20N2OS. The molecule has 0 fully saturated rings. The van der Waals surface area contributed by atoms with Crippen LogP contribution in [-0.4, -0.2) is 23.0 Å². The maximum Gasteiger partial charge on any atom is 0.157 e. The van der Waals surface area contributed by atoms with Crippen LogP contribution in [-0.2, 0) is 6.42 Å². The summed E-state index contributed by atoms with van der Waals surface area (Å²) in [5.74, 6) is 2.85. The quantitative estimate of drug-likeness (QED) is 0.898. The number of nitrogens with one attached hydrogen (secondary N) is 1. The lowest BCUT2D eigenvalue weighted by Crippen LogP contribution is -2.36. The van der Waals surface area contributed by atoms with Gasteiger partial charge >= 0.3 is 0 Å². The van der Waals surface area contributed by atoms with Crippen LogP contribution in [0.3, 0.4) is 0 Å². The van der Waals surface area contributed by atoms with Gasteiger partial charge in [-0.25, -0.2) is 0 Å². The Labute approximate surface area is 107 Å². The second-order valence-corrected chi connectivity index (χ2v) is 5.80. The van der Waals surface area contributed by atoms with Crippen LogP contribution < -0.4 is 5.32 Å². The fourth-order valence-corrected chi connectivity index (χ4v) is 2.99. The van der Waals surface area contributed by atoms with Crippen molar-refractivity contribution in [3.63, 3.8) is 0 Å². The van der Waals surface area contributed by atoms with E-state index in [2.05, 4.69) is 31.1 Å². The summed E-state index contributed by atoms with van der Waals surface area (Å²) in [6.07, 6.45) is 2.62. The molecule has 17 heavy (non-hydrogen) atoms. The molecule has 4 heteroatoms. The number of hydrogen-bond donors (Lipinski definition) is 1. The molecule has 3 atom stereocenters. The van der Waals surface area contributed by atoms with Crippen LogP contribution in [0.2, 0.25) is 0 Å². The van der Waals surface area contributed by atoms with Gasteiger partial charge in [-0.1, -0.05) is 18.7 Å². The van der Waals surface area contributed by atoms with Gasteiger partial charge in [0, 0.05) is 18.2 Å². The predicted molar refractivity (Wildman–Crippen MR) is 73.5 cm³/mol. The average Bonchev–Trinajstić information content (AvgIpc) is 2.76. The molecule has 0 saturated heterocycles. The normalized spacial score (nSPS) is 26.4. The topological polar surface area (TPSA) is 37.5 Å². The van der Waals surface area contributed by atoms with Crippen molar-refractivity contribution in [2.45, 2.75) is 39.3 Å². The Morgan fingerprint density at radius 3 is 3.06 bits per heavy atom. The maximum atomic E-state index is 5.34. The summed E-state index contributed by atoms with van der Waals surface area (Å²) >= 11 is 1.82. The van der Waals surface area contributed by atoms with E-state index in [-0.39, 0.29) is 0 Å². The Morgan fingerprint density at radius 2 is 2.41 bits per heavy atom. The first kappa shape index (κ1) is 12.6. The molecule has 1 aromatic heterocycles. The summed E-state index contributed by atoms with van der Waals surface area (Å²) in [5.41, 5.74) is 0. The van der Waals surface area contributed by atoms with Crippen LogP contribution >= 0.6 is 11.8 Å². The second kappa shape index (κ2) is 5.63. The molecule has 2 rings (SSSR count). The molecular weight excluding hydrogens is 232 g/mol. The SMILES string of the molecule is CC(Cc1ccco1)NC1=NC(C)C(C)CS1. The first-order valence-corrected chi connectivity index (χ1v) is 7.13. The van der Waals surface area contributed by atoms with Crippen LogP contribution in [0, 0.1) is 5.92 Å². The molecule has 0 saturated carbocycles. The van der Waals surface area contributed by atoms with E-state index in [0.29, 0.717) is 18.0 Å². The third-order valence-electron chi connectivity index (χ3n) is 3.08. The molecule has 3 unspecified atom stereocenters. The third kappa shape index (κ3) is 3.53. The van der Waals surface area contributed by atoms with E-state index in [1.807, 2.05) is 23.9 Å². The molecule has 0 amide bonds. The van der Waals surface area contributed by atoms with Crippen LogP contribution in [0.1, 0.15) is 26.5 Å². The minimum absolute atomic E-state index is 0.355. The lowest BCUT2D eigenvalue weighted by Gasteiger charge is -2.25. The molecule has 1 N–H and O–H groups in total. The highest BCUT2D eigenvalue weighted by Gasteiger charge is 2.20. The number of hydrogen-bond acceptors (Lipinski definition) is 4. The van der Waals surface area contributed by atoms with Gasteiger partial charge in [-0.15, -0.1) is 0 Å². The van der Waals surface area contributed by atoms with Crippen molar-refractivity contribution in [3.8, 4) is 0 Å². The fourth-order valence-electron chi connectivity index (χ4n) is 1.77. The van der Waals surface area contributed by atoms with Gasteiger partial charge < -0.3 is 9.73 Å². The van der Waals surface area contributed by atoms with Crippen molar-refractivity contribution < 1.29 is 4.42 Å². The van der Waals surface area contributed by atoms with E-state index < -0.39 is 0 Å². The smallest absolute Gasteiger partial charge is 0.157 e. The Morgan fingerprint density at radius 1 is 1.59 bits per heavy atom.